The number of phenolic OH excluding ortho intramolecular Hbond substituents is 1. The van der Waals surface area contributed by atoms with Gasteiger partial charge in [-0.25, -0.2) is 4.79 Å². The summed E-state index contributed by atoms with van der Waals surface area (Å²) in [6.45, 7) is 2.33. The fraction of sp³-hybridized carbons (Fsp3) is 0.188. The molecule has 0 radical (unpaired) electrons. The summed E-state index contributed by atoms with van der Waals surface area (Å²) in [6, 6.07) is 10.2. The lowest BCUT2D eigenvalue weighted by Gasteiger charge is -2.12. The Morgan fingerprint density at radius 1 is 1.29 bits per heavy atom. The van der Waals surface area contributed by atoms with E-state index in [1.807, 2.05) is 13.0 Å². The van der Waals surface area contributed by atoms with Crippen molar-refractivity contribution in [2.24, 2.45) is 0 Å². The number of carbonyl (C=O) groups excluding carboxylic acids is 1. The maximum absolute atomic E-state index is 11.4. The van der Waals surface area contributed by atoms with Gasteiger partial charge in [-0.15, -0.1) is 0 Å². The van der Waals surface area contributed by atoms with Crippen molar-refractivity contribution in [1.82, 2.24) is 0 Å². The number of esters is 1. The van der Waals surface area contributed by atoms with Gasteiger partial charge in [0.1, 0.15) is 5.75 Å². The van der Waals surface area contributed by atoms with Gasteiger partial charge >= 0.3 is 5.97 Å². The van der Waals surface area contributed by atoms with Crippen LogP contribution in [0.1, 0.15) is 21.5 Å². The fourth-order valence-electron chi connectivity index (χ4n) is 1.99. The summed E-state index contributed by atoms with van der Waals surface area (Å²) in [7, 11) is 1.35. The van der Waals surface area contributed by atoms with Crippen LogP contribution in [0.4, 0.5) is 5.69 Å². The molecular formula is C16H16ClNO3. The number of nitrogens with one attached hydrogen (secondary N) is 1. The second-order valence-electron chi connectivity index (χ2n) is 4.65. The number of halogens is 1. The lowest BCUT2D eigenvalue weighted by molar-refractivity contribution is 0.0600. The van der Waals surface area contributed by atoms with E-state index < -0.39 is 0 Å². The Morgan fingerprint density at radius 3 is 2.71 bits per heavy atom. The Kier molecular flexibility index (Phi) is 4.70. The van der Waals surface area contributed by atoms with E-state index in [0.29, 0.717) is 22.7 Å². The highest BCUT2D eigenvalue weighted by molar-refractivity contribution is 6.30. The second kappa shape index (κ2) is 6.50. The molecule has 0 aliphatic heterocycles. The highest BCUT2D eigenvalue weighted by Gasteiger charge is 2.08. The van der Waals surface area contributed by atoms with E-state index in [0.717, 1.165) is 11.3 Å². The van der Waals surface area contributed by atoms with Crippen LogP contribution in [0.25, 0.3) is 0 Å². The Bertz CT molecular complexity index is 671. The third-order valence-corrected chi connectivity index (χ3v) is 3.39. The normalized spacial score (nSPS) is 10.2. The predicted octanol–water partition coefficient (Wildman–Crippen LogP) is 3.75. The molecule has 0 atom stereocenters. The molecule has 110 valence electrons. The summed E-state index contributed by atoms with van der Waals surface area (Å²) in [5, 5.41) is 13.6. The van der Waals surface area contributed by atoms with Gasteiger partial charge in [-0.3, -0.25) is 0 Å². The number of ether oxygens (including phenoxy) is 1. The summed E-state index contributed by atoms with van der Waals surface area (Å²) in [6.07, 6.45) is 0. The van der Waals surface area contributed by atoms with E-state index in [1.54, 1.807) is 30.3 Å². The molecule has 2 aromatic carbocycles. The highest BCUT2D eigenvalue weighted by Crippen LogP contribution is 2.24. The van der Waals surface area contributed by atoms with E-state index >= 15 is 0 Å². The van der Waals surface area contributed by atoms with Crippen molar-refractivity contribution in [3.63, 3.8) is 0 Å². The number of hydrogen-bond acceptors (Lipinski definition) is 4. The molecule has 0 saturated heterocycles. The molecule has 0 spiro atoms. The highest BCUT2D eigenvalue weighted by atomic mass is 35.5. The minimum atomic E-state index is -0.364. The number of aryl methyl sites for hydroxylation is 1. The molecule has 0 bridgehead atoms. The molecule has 0 heterocycles. The van der Waals surface area contributed by atoms with Crippen LogP contribution >= 0.6 is 11.6 Å². The average Bonchev–Trinajstić information content (AvgIpc) is 2.48. The van der Waals surface area contributed by atoms with E-state index in [1.165, 1.54) is 7.11 Å². The molecule has 0 aliphatic carbocycles. The van der Waals surface area contributed by atoms with Crippen molar-refractivity contribution < 1.29 is 14.6 Å². The molecule has 0 fully saturated rings. The van der Waals surface area contributed by atoms with Crippen LogP contribution < -0.4 is 5.32 Å². The number of anilines is 1. The van der Waals surface area contributed by atoms with Gasteiger partial charge in [-0.05, 0) is 48.9 Å². The van der Waals surface area contributed by atoms with Crippen LogP contribution in [-0.2, 0) is 11.3 Å². The molecule has 2 rings (SSSR count). The molecule has 0 aromatic heterocycles. The molecular weight excluding hydrogens is 290 g/mol. The van der Waals surface area contributed by atoms with Gasteiger partial charge in [0, 0.05) is 22.8 Å². The first-order valence-electron chi connectivity index (χ1n) is 6.41. The van der Waals surface area contributed by atoms with E-state index in [4.69, 9.17) is 11.6 Å². The van der Waals surface area contributed by atoms with Gasteiger partial charge in [-0.2, -0.15) is 0 Å². The summed E-state index contributed by atoms with van der Waals surface area (Å²) in [5.74, 6) is -0.173. The van der Waals surface area contributed by atoms with Gasteiger partial charge in [-0.1, -0.05) is 11.6 Å². The van der Waals surface area contributed by atoms with E-state index in [2.05, 4.69) is 10.1 Å². The molecule has 0 aliphatic rings. The maximum atomic E-state index is 11.4. The minimum absolute atomic E-state index is 0.190. The zero-order valence-corrected chi connectivity index (χ0v) is 12.6. The third kappa shape index (κ3) is 3.67. The summed E-state index contributed by atoms with van der Waals surface area (Å²) in [5.41, 5.74) is 3.01. The van der Waals surface area contributed by atoms with Gasteiger partial charge in [0.15, 0.2) is 0 Å². The zero-order chi connectivity index (χ0) is 15.4. The first-order chi connectivity index (χ1) is 10.0. The van der Waals surface area contributed by atoms with Crippen LogP contribution in [0.5, 0.6) is 5.75 Å². The molecule has 0 saturated carbocycles. The lowest BCUT2D eigenvalue weighted by Crippen LogP contribution is -2.05. The Labute approximate surface area is 128 Å². The molecule has 21 heavy (non-hydrogen) atoms. The van der Waals surface area contributed by atoms with Crippen LogP contribution in [0, 0.1) is 6.92 Å². The van der Waals surface area contributed by atoms with E-state index in [-0.39, 0.29) is 11.7 Å². The Hall–Kier alpha value is -2.20. The van der Waals surface area contributed by atoms with Crippen molar-refractivity contribution in [3.8, 4) is 5.75 Å². The second-order valence-corrected chi connectivity index (χ2v) is 5.08. The number of rotatable bonds is 4. The SMILES string of the molecule is COC(=O)c1ccc(NCc2cc(Cl)ccc2O)c(C)c1. The summed E-state index contributed by atoms with van der Waals surface area (Å²) >= 11 is 5.91. The molecule has 0 amide bonds. The quantitative estimate of drug-likeness (QED) is 0.845. The van der Waals surface area contributed by atoms with Crippen molar-refractivity contribution >= 4 is 23.3 Å². The van der Waals surface area contributed by atoms with Crippen molar-refractivity contribution in [3.05, 3.63) is 58.1 Å². The predicted molar refractivity (Wildman–Crippen MR) is 83.0 cm³/mol. The number of benzene rings is 2. The number of aromatic hydroxyl groups is 1. The van der Waals surface area contributed by atoms with Crippen molar-refractivity contribution in [1.29, 1.82) is 0 Å². The van der Waals surface area contributed by atoms with Crippen LogP contribution in [0.3, 0.4) is 0 Å². The molecule has 5 heteroatoms. The van der Waals surface area contributed by atoms with Gasteiger partial charge in [0.05, 0.1) is 12.7 Å². The standard InChI is InChI=1S/C16H16ClNO3/c1-10-7-11(16(20)21-2)3-5-14(10)18-9-12-8-13(17)4-6-15(12)19/h3-8,18-19H,9H2,1-2H3. The van der Waals surface area contributed by atoms with Gasteiger partial charge in [0.2, 0.25) is 0 Å². The smallest absolute Gasteiger partial charge is 0.337 e. The van der Waals surface area contributed by atoms with Crippen LogP contribution in [-0.4, -0.2) is 18.2 Å². The average molecular weight is 306 g/mol. The summed E-state index contributed by atoms with van der Waals surface area (Å²) < 4.78 is 4.68. The van der Waals surface area contributed by atoms with Crippen LogP contribution in [0.2, 0.25) is 5.02 Å². The Balaban J connectivity index is 2.13. The number of hydrogen-bond donors (Lipinski definition) is 2. The monoisotopic (exact) mass is 305 g/mol. The number of phenols is 1. The van der Waals surface area contributed by atoms with E-state index in [9.17, 15) is 9.90 Å². The lowest BCUT2D eigenvalue weighted by atomic mass is 10.1. The molecule has 4 nitrogen and oxygen atoms in total. The first kappa shape index (κ1) is 15.2. The zero-order valence-electron chi connectivity index (χ0n) is 11.8. The fourth-order valence-corrected chi connectivity index (χ4v) is 2.19. The first-order valence-corrected chi connectivity index (χ1v) is 6.79. The van der Waals surface area contributed by atoms with Gasteiger partial charge < -0.3 is 15.2 Å². The van der Waals surface area contributed by atoms with Crippen molar-refractivity contribution in [2.45, 2.75) is 13.5 Å². The maximum Gasteiger partial charge on any atom is 0.337 e. The van der Waals surface area contributed by atoms with Crippen LogP contribution in [0.15, 0.2) is 36.4 Å². The molecule has 2 N–H and O–H groups in total. The minimum Gasteiger partial charge on any atom is -0.508 e. The number of carbonyl (C=O) groups is 1. The van der Waals surface area contributed by atoms with Gasteiger partial charge in [0.25, 0.3) is 0 Å². The molecule has 0 unspecified atom stereocenters. The number of methoxy groups -OCH3 is 1. The third-order valence-electron chi connectivity index (χ3n) is 3.16. The summed E-state index contributed by atoms with van der Waals surface area (Å²) in [4.78, 5) is 11.4. The molecule has 2 aromatic rings. The van der Waals surface area contributed by atoms with Crippen molar-refractivity contribution in [2.75, 3.05) is 12.4 Å². The topological polar surface area (TPSA) is 58.6 Å². The largest absolute Gasteiger partial charge is 0.508 e. The Morgan fingerprint density at radius 2 is 2.05 bits per heavy atom.